The first-order valence-electron chi connectivity index (χ1n) is 7.89. The lowest BCUT2D eigenvalue weighted by molar-refractivity contribution is -0.144. The number of carboxylic acids is 1. The van der Waals surface area contributed by atoms with Gasteiger partial charge in [-0.1, -0.05) is 12.1 Å². The van der Waals surface area contributed by atoms with E-state index in [0.29, 0.717) is 11.5 Å². The molecule has 0 bridgehead atoms. The first-order valence-corrected chi connectivity index (χ1v) is 7.89. The molecule has 1 aromatic carbocycles. The zero-order chi connectivity index (χ0) is 17.8. The van der Waals surface area contributed by atoms with E-state index in [0.717, 1.165) is 5.56 Å². The van der Waals surface area contributed by atoms with Crippen molar-refractivity contribution in [3.05, 3.63) is 54.4 Å². The SMILES string of the molecule is CC1Oc2ccccc2OC1C(=O)NC(Cc1ccncc1)C(=O)O. The topological polar surface area (TPSA) is 97.8 Å². The molecule has 3 atom stereocenters. The molecule has 2 aromatic rings. The molecule has 2 heterocycles. The van der Waals surface area contributed by atoms with Crippen LogP contribution < -0.4 is 14.8 Å². The van der Waals surface area contributed by atoms with E-state index in [4.69, 9.17) is 9.47 Å². The second-order valence-corrected chi connectivity index (χ2v) is 5.77. The Morgan fingerprint density at radius 1 is 1.16 bits per heavy atom. The Kier molecular flexibility index (Phi) is 4.83. The number of aromatic nitrogens is 1. The van der Waals surface area contributed by atoms with Gasteiger partial charge in [0.1, 0.15) is 12.1 Å². The average molecular weight is 342 g/mol. The van der Waals surface area contributed by atoms with Gasteiger partial charge in [-0.15, -0.1) is 0 Å². The van der Waals surface area contributed by atoms with Gasteiger partial charge < -0.3 is 19.9 Å². The maximum absolute atomic E-state index is 12.5. The monoisotopic (exact) mass is 342 g/mol. The van der Waals surface area contributed by atoms with E-state index in [1.54, 1.807) is 49.6 Å². The van der Waals surface area contributed by atoms with Crippen LogP contribution >= 0.6 is 0 Å². The van der Waals surface area contributed by atoms with E-state index in [2.05, 4.69) is 10.3 Å². The highest BCUT2D eigenvalue weighted by Crippen LogP contribution is 2.33. The molecular weight excluding hydrogens is 324 g/mol. The first kappa shape index (κ1) is 16.8. The first-order chi connectivity index (χ1) is 12.0. The van der Waals surface area contributed by atoms with Crippen LogP contribution in [0.4, 0.5) is 0 Å². The highest BCUT2D eigenvalue weighted by molar-refractivity contribution is 5.87. The van der Waals surface area contributed by atoms with Crippen molar-refractivity contribution in [1.82, 2.24) is 10.3 Å². The Hall–Kier alpha value is -3.09. The zero-order valence-corrected chi connectivity index (χ0v) is 13.6. The Balaban J connectivity index is 1.70. The third-order valence-corrected chi connectivity index (χ3v) is 3.90. The second kappa shape index (κ2) is 7.21. The molecule has 2 N–H and O–H groups in total. The van der Waals surface area contributed by atoms with Gasteiger partial charge in [0.05, 0.1) is 0 Å². The smallest absolute Gasteiger partial charge is 0.326 e. The molecule has 3 unspecified atom stereocenters. The molecule has 0 saturated heterocycles. The van der Waals surface area contributed by atoms with Crippen molar-refractivity contribution in [1.29, 1.82) is 0 Å². The van der Waals surface area contributed by atoms with Crippen LogP contribution in [-0.4, -0.2) is 40.2 Å². The summed E-state index contributed by atoms with van der Waals surface area (Å²) in [6.45, 7) is 1.71. The number of nitrogens with zero attached hydrogens (tertiary/aromatic N) is 1. The van der Waals surface area contributed by atoms with Gasteiger partial charge in [-0.05, 0) is 36.8 Å². The summed E-state index contributed by atoms with van der Waals surface area (Å²) in [6.07, 6.45) is 1.85. The summed E-state index contributed by atoms with van der Waals surface area (Å²) in [5.41, 5.74) is 0.766. The van der Waals surface area contributed by atoms with Crippen molar-refractivity contribution in [2.75, 3.05) is 0 Å². The van der Waals surface area contributed by atoms with E-state index in [1.165, 1.54) is 0 Å². The van der Waals surface area contributed by atoms with Crippen LogP contribution in [0.1, 0.15) is 12.5 Å². The van der Waals surface area contributed by atoms with Crippen molar-refractivity contribution in [3.63, 3.8) is 0 Å². The minimum absolute atomic E-state index is 0.155. The highest BCUT2D eigenvalue weighted by Gasteiger charge is 2.36. The lowest BCUT2D eigenvalue weighted by Crippen LogP contribution is -2.53. The van der Waals surface area contributed by atoms with Crippen molar-refractivity contribution in [3.8, 4) is 11.5 Å². The summed E-state index contributed by atoms with van der Waals surface area (Å²) in [4.78, 5) is 27.9. The number of pyridine rings is 1. The number of ether oxygens (including phenoxy) is 2. The summed E-state index contributed by atoms with van der Waals surface area (Å²) >= 11 is 0. The second-order valence-electron chi connectivity index (χ2n) is 5.77. The number of carbonyl (C=O) groups is 2. The minimum Gasteiger partial charge on any atom is -0.482 e. The molecule has 25 heavy (non-hydrogen) atoms. The lowest BCUT2D eigenvalue weighted by Gasteiger charge is -2.31. The van der Waals surface area contributed by atoms with E-state index in [1.807, 2.05) is 6.07 Å². The normalized spacial score (nSPS) is 19.7. The predicted molar refractivity (Wildman–Crippen MR) is 88.5 cm³/mol. The van der Waals surface area contributed by atoms with Crippen molar-refractivity contribution in [2.45, 2.75) is 31.6 Å². The molecule has 1 aromatic heterocycles. The zero-order valence-electron chi connectivity index (χ0n) is 13.6. The average Bonchev–Trinajstić information content (AvgIpc) is 2.61. The van der Waals surface area contributed by atoms with Crippen molar-refractivity contribution in [2.24, 2.45) is 0 Å². The van der Waals surface area contributed by atoms with Gasteiger partial charge in [-0.2, -0.15) is 0 Å². The number of nitrogens with one attached hydrogen (secondary N) is 1. The van der Waals surface area contributed by atoms with Crippen LogP contribution in [0.2, 0.25) is 0 Å². The molecule has 1 amide bonds. The molecule has 3 rings (SSSR count). The quantitative estimate of drug-likeness (QED) is 0.853. The molecule has 0 radical (unpaired) electrons. The van der Waals surface area contributed by atoms with Gasteiger partial charge in [0.2, 0.25) is 6.10 Å². The maximum Gasteiger partial charge on any atom is 0.326 e. The maximum atomic E-state index is 12.5. The van der Waals surface area contributed by atoms with Crippen LogP contribution in [0.3, 0.4) is 0 Å². The largest absolute Gasteiger partial charge is 0.482 e. The Morgan fingerprint density at radius 2 is 1.80 bits per heavy atom. The van der Waals surface area contributed by atoms with E-state index in [-0.39, 0.29) is 6.42 Å². The number of carboxylic acid groups (broad SMARTS) is 1. The number of aliphatic carboxylic acids is 1. The van der Waals surface area contributed by atoms with E-state index < -0.39 is 30.1 Å². The summed E-state index contributed by atoms with van der Waals surface area (Å²) in [5, 5.41) is 11.9. The third-order valence-electron chi connectivity index (χ3n) is 3.90. The van der Waals surface area contributed by atoms with Gasteiger partial charge in [-0.25, -0.2) is 4.79 Å². The van der Waals surface area contributed by atoms with Gasteiger partial charge in [0.25, 0.3) is 5.91 Å². The van der Waals surface area contributed by atoms with Gasteiger partial charge in [-0.3, -0.25) is 9.78 Å². The van der Waals surface area contributed by atoms with Gasteiger partial charge in [0.15, 0.2) is 11.5 Å². The number of amides is 1. The molecule has 0 fully saturated rings. The molecule has 0 spiro atoms. The molecule has 7 heteroatoms. The number of hydrogen-bond donors (Lipinski definition) is 2. The van der Waals surface area contributed by atoms with Crippen LogP contribution in [0.5, 0.6) is 11.5 Å². The van der Waals surface area contributed by atoms with Crippen LogP contribution in [0.25, 0.3) is 0 Å². The van der Waals surface area contributed by atoms with Crippen molar-refractivity contribution < 1.29 is 24.2 Å². The van der Waals surface area contributed by atoms with Gasteiger partial charge >= 0.3 is 5.97 Å². The highest BCUT2D eigenvalue weighted by atomic mass is 16.6. The number of hydrogen-bond acceptors (Lipinski definition) is 5. The van der Waals surface area contributed by atoms with Crippen LogP contribution in [-0.2, 0) is 16.0 Å². The molecular formula is C18H18N2O5. The summed E-state index contributed by atoms with van der Waals surface area (Å²) < 4.78 is 11.4. The minimum atomic E-state index is -1.12. The fraction of sp³-hybridized carbons (Fsp3) is 0.278. The van der Waals surface area contributed by atoms with Gasteiger partial charge in [0, 0.05) is 18.8 Å². The Bertz CT molecular complexity index is 765. The third kappa shape index (κ3) is 3.88. The number of para-hydroxylation sites is 2. The molecule has 130 valence electrons. The Morgan fingerprint density at radius 3 is 2.44 bits per heavy atom. The number of rotatable bonds is 5. The predicted octanol–water partition coefficient (Wildman–Crippen LogP) is 1.42. The standard InChI is InChI=1S/C18H18N2O5/c1-11-16(25-15-5-3-2-4-14(15)24-11)17(21)20-13(18(22)23)10-12-6-8-19-9-7-12/h2-9,11,13,16H,10H2,1H3,(H,20,21)(H,22,23). The van der Waals surface area contributed by atoms with Crippen LogP contribution in [0.15, 0.2) is 48.8 Å². The van der Waals surface area contributed by atoms with E-state index >= 15 is 0 Å². The Labute approximate surface area is 144 Å². The number of benzene rings is 1. The number of fused-ring (bicyclic) bond motifs is 1. The van der Waals surface area contributed by atoms with E-state index in [9.17, 15) is 14.7 Å². The molecule has 7 nitrogen and oxygen atoms in total. The molecule has 0 saturated carbocycles. The lowest BCUT2D eigenvalue weighted by atomic mass is 10.1. The fourth-order valence-electron chi connectivity index (χ4n) is 2.61. The molecule has 1 aliphatic rings. The summed E-state index contributed by atoms with van der Waals surface area (Å²) in [5.74, 6) is -0.620. The van der Waals surface area contributed by atoms with Crippen LogP contribution in [0, 0.1) is 0 Å². The van der Waals surface area contributed by atoms with Crippen molar-refractivity contribution >= 4 is 11.9 Å². The fourth-order valence-corrected chi connectivity index (χ4v) is 2.61. The summed E-state index contributed by atoms with van der Waals surface area (Å²) in [7, 11) is 0. The molecule has 1 aliphatic heterocycles. The summed E-state index contributed by atoms with van der Waals surface area (Å²) in [6, 6.07) is 9.39. The molecule has 0 aliphatic carbocycles. The number of carbonyl (C=O) groups excluding carboxylic acids is 1.